The Morgan fingerprint density at radius 1 is 0.643 bits per heavy atom. The minimum Gasteiger partial charge on any atom is -0.510 e. The largest absolute Gasteiger partial charge is 0.510 e. The lowest BCUT2D eigenvalue weighted by Gasteiger charge is -2.16. The molecular weight excluding hydrogens is 544 g/mol. The Morgan fingerprint density at radius 2 is 1.07 bits per heavy atom. The minimum absolute atomic E-state index is 0.00170. The Balaban J connectivity index is 0.000000230. The van der Waals surface area contributed by atoms with Gasteiger partial charge < -0.3 is 24.1 Å². The molecular formula is C31H36N2O9. The van der Waals surface area contributed by atoms with Gasteiger partial charge in [0.25, 0.3) is 0 Å². The summed E-state index contributed by atoms with van der Waals surface area (Å²) in [5.74, 6) is -1.10. The van der Waals surface area contributed by atoms with Gasteiger partial charge in [0.2, 0.25) is 0 Å². The monoisotopic (exact) mass is 580 g/mol. The number of carbonyl (C=O) groups excluding carboxylic acids is 4. The normalized spacial score (nSPS) is 14.3. The van der Waals surface area contributed by atoms with Crippen molar-refractivity contribution in [1.29, 1.82) is 0 Å². The van der Waals surface area contributed by atoms with Crippen LogP contribution >= 0.6 is 0 Å². The van der Waals surface area contributed by atoms with Crippen LogP contribution in [0.15, 0.2) is 83.1 Å². The zero-order valence-corrected chi connectivity index (χ0v) is 24.0. The van der Waals surface area contributed by atoms with Gasteiger partial charge in [-0.15, -0.1) is 0 Å². The molecule has 0 bridgehead atoms. The van der Waals surface area contributed by atoms with Gasteiger partial charge in [-0.1, -0.05) is 60.7 Å². The summed E-state index contributed by atoms with van der Waals surface area (Å²) in [7, 11) is 0. The predicted octanol–water partition coefficient (Wildman–Crippen LogP) is 4.53. The van der Waals surface area contributed by atoms with Crippen LogP contribution < -0.4 is 0 Å². The van der Waals surface area contributed by atoms with E-state index in [9.17, 15) is 24.3 Å². The van der Waals surface area contributed by atoms with E-state index in [4.69, 9.17) is 18.9 Å². The lowest BCUT2D eigenvalue weighted by molar-refractivity contribution is -0.139. The number of amides is 2. The van der Waals surface area contributed by atoms with E-state index < -0.39 is 18.2 Å². The Kier molecular flexibility index (Phi) is 12.0. The summed E-state index contributed by atoms with van der Waals surface area (Å²) in [5.41, 5.74) is 3.31. The second-order valence-corrected chi connectivity index (χ2v) is 9.42. The molecule has 0 saturated carbocycles. The smallest absolute Gasteiger partial charge is 0.410 e. The van der Waals surface area contributed by atoms with Crippen LogP contribution in [0.5, 0.6) is 0 Å². The number of ether oxygens (including phenoxy) is 4. The maximum absolute atomic E-state index is 12.0. The fourth-order valence-electron chi connectivity index (χ4n) is 4.11. The SMILES string of the molecule is CCOC(=O)C1=C(C)CN(C(=O)OCc2ccccc2)C1.CCOC(=O)C1=C(O)CN(C(=O)OCc2ccccc2)C1. The van der Waals surface area contributed by atoms with Crippen molar-refractivity contribution in [3.8, 4) is 0 Å². The van der Waals surface area contributed by atoms with Crippen molar-refractivity contribution >= 4 is 24.1 Å². The van der Waals surface area contributed by atoms with Gasteiger partial charge in [-0.2, -0.15) is 0 Å². The van der Waals surface area contributed by atoms with Crippen LogP contribution in [0.25, 0.3) is 0 Å². The van der Waals surface area contributed by atoms with Gasteiger partial charge in [0.15, 0.2) is 0 Å². The number of hydrogen-bond donors (Lipinski definition) is 1. The van der Waals surface area contributed by atoms with Crippen molar-refractivity contribution in [1.82, 2.24) is 9.80 Å². The fourth-order valence-corrected chi connectivity index (χ4v) is 4.11. The van der Waals surface area contributed by atoms with Gasteiger partial charge >= 0.3 is 24.1 Å². The van der Waals surface area contributed by atoms with Crippen LogP contribution in [0.2, 0.25) is 0 Å². The third kappa shape index (κ3) is 9.12. The van der Waals surface area contributed by atoms with E-state index in [1.165, 1.54) is 9.80 Å². The van der Waals surface area contributed by atoms with Crippen LogP contribution in [-0.4, -0.2) is 78.4 Å². The molecule has 0 unspecified atom stereocenters. The summed E-state index contributed by atoms with van der Waals surface area (Å²) in [4.78, 5) is 50.0. The summed E-state index contributed by atoms with van der Waals surface area (Å²) in [6.45, 7) is 6.79. The fraction of sp³-hybridized carbons (Fsp3) is 0.355. The van der Waals surface area contributed by atoms with Crippen molar-refractivity contribution < 1.29 is 43.2 Å². The third-order valence-corrected chi connectivity index (χ3v) is 6.30. The van der Waals surface area contributed by atoms with Crippen molar-refractivity contribution in [2.75, 3.05) is 39.4 Å². The number of hydrogen-bond acceptors (Lipinski definition) is 9. The van der Waals surface area contributed by atoms with Gasteiger partial charge in [-0.05, 0) is 37.5 Å². The molecule has 42 heavy (non-hydrogen) atoms. The number of aliphatic hydroxyl groups is 1. The van der Waals surface area contributed by atoms with Gasteiger partial charge in [-0.3, -0.25) is 9.80 Å². The van der Waals surface area contributed by atoms with Crippen LogP contribution in [-0.2, 0) is 41.8 Å². The second-order valence-electron chi connectivity index (χ2n) is 9.42. The number of aliphatic hydroxyl groups excluding tert-OH is 1. The molecule has 2 aromatic carbocycles. The van der Waals surface area contributed by atoms with Gasteiger partial charge in [0.05, 0.1) is 44.0 Å². The Hall–Kier alpha value is -4.80. The molecule has 2 heterocycles. The van der Waals surface area contributed by atoms with Crippen LogP contribution in [0.1, 0.15) is 31.9 Å². The highest BCUT2D eigenvalue weighted by Crippen LogP contribution is 2.20. The standard InChI is InChI=1S/C16H19NO4.C15H17NO5/c1-3-20-15(18)14-10-17(9-12(14)2)16(19)21-11-13-7-5-4-6-8-13;1-2-20-14(18)12-8-16(9-13(12)17)15(19)21-10-11-6-4-3-5-7-11/h4-8H,3,9-11H2,1-2H3;3-7,17H,2,8-10H2,1H3. The Morgan fingerprint density at radius 3 is 1.55 bits per heavy atom. The molecule has 4 rings (SSSR count). The van der Waals surface area contributed by atoms with Crippen LogP contribution in [0.4, 0.5) is 9.59 Å². The molecule has 2 aromatic rings. The molecule has 11 heteroatoms. The Bertz CT molecular complexity index is 1200. The van der Waals surface area contributed by atoms with E-state index in [1.54, 1.807) is 13.8 Å². The molecule has 2 amide bonds. The molecule has 224 valence electrons. The number of carbonyl (C=O) groups is 4. The molecule has 0 aliphatic carbocycles. The molecule has 11 nitrogen and oxygen atoms in total. The molecule has 0 atom stereocenters. The molecule has 2 aliphatic heterocycles. The molecule has 0 radical (unpaired) electrons. The van der Waals surface area contributed by atoms with E-state index in [0.717, 1.165) is 16.7 Å². The molecule has 0 aromatic heterocycles. The summed E-state index contributed by atoms with van der Waals surface area (Å²) < 4.78 is 20.2. The maximum atomic E-state index is 12.0. The average Bonchev–Trinajstić information content (AvgIpc) is 3.59. The van der Waals surface area contributed by atoms with E-state index in [1.807, 2.05) is 67.6 Å². The number of rotatable bonds is 8. The van der Waals surface area contributed by atoms with Crippen LogP contribution in [0.3, 0.4) is 0 Å². The van der Waals surface area contributed by atoms with Crippen molar-refractivity contribution in [2.45, 2.75) is 34.0 Å². The van der Waals surface area contributed by atoms with Crippen molar-refractivity contribution in [3.05, 3.63) is 94.3 Å². The highest BCUT2D eigenvalue weighted by atomic mass is 16.6. The first-order chi connectivity index (χ1) is 20.2. The highest BCUT2D eigenvalue weighted by Gasteiger charge is 2.32. The highest BCUT2D eigenvalue weighted by molar-refractivity contribution is 5.92. The summed E-state index contributed by atoms with van der Waals surface area (Å²) >= 11 is 0. The Labute approximate surface area is 244 Å². The zero-order valence-electron chi connectivity index (χ0n) is 24.0. The molecule has 0 saturated heterocycles. The first kappa shape index (κ1) is 31.7. The lowest BCUT2D eigenvalue weighted by atomic mass is 10.2. The topological polar surface area (TPSA) is 132 Å². The predicted molar refractivity (Wildman–Crippen MR) is 152 cm³/mol. The third-order valence-electron chi connectivity index (χ3n) is 6.30. The van der Waals surface area contributed by atoms with Crippen molar-refractivity contribution in [2.24, 2.45) is 0 Å². The minimum atomic E-state index is -0.603. The molecule has 0 fully saturated rings. The lowest BCUT2D eigenvalue weighted by Crippen LogP contribution is -2.30. The quantitative estimate of drug-likeness (QED) is 0.353. The number of nitrogens with zero attached hydrogens (tertiary/aromatic N) is 2. The number of benzene rings is 2. The maximum Gasteiger partial charge on any atom is 0.410 e. The second kappa shape index (κ2) is 15.8. The number of esters is 2. The van der Waals surface area contributed by atoms with Crippen LogP contribution in [0, 0.1) is 0 Å². The van der Waals surface area contributed by atoms with E-state index >= 15 is 0 Å². The van der Waals surface area contributed by atoms with Gasteiger partial charge in [0, 0.05) is 6.54 Å². The summed E-state index contributed by atoms with van der Waals surface area (Å²) in [5, 5.41) is 9.72. The van der Waals surface area contributed by atoms with Crippen molar-refractivity contribution in [3.63, 3.8) is 0 Å². The van der Waals surface area contributed by atoms with E-state index in [-0.39, 0.29) is 56.8 Å². The summed E-state index contributed by atoms with van der Waals surface area (Å²) in [6.07, 6.45) is -0.998. The van der Waals surface area contributed by atoms with Gasteiger partial charge in [0.1, 0.15) is 19.0 Å². The molecule has 1 N–H and O–H groups in total. The van der Waals surface area contributed by atoms with Gasteiger partial charge in [-0.25, -0.2) is 19.2 Å². The first-order valence-electron chi connectivity index (χ1n) is 13.6. The molecule has 0 spiro atoms. The summed E-state index contributed by atoms with van der Waals surface area (Å²) in [6, 6.07) is 18.7. The average molecular weight is 581 g/mol. The molecule has 2 aliphatic rings. The first-order valence-corrected chi connectivity index (χ1v) is 13.6. The van der Waals surface area contributed by atoms with E-state index in [2.05, 4.69) is 0 Å². The zero-order chi connectivity index (χ0) is 30.5. The van der Waals surface area contributed by atoms with E-state index in [0.29, 0.717) is 18.7 Å².